The van der Waals surface area contributed by atoms with Crippen LogP contribution in [0, 0.1) is 19.8 Å². The van der Waals surface area contributed by atoms with E-state index < -0.39 is 0 Å². The molecule has 1 aromatic carbocycles. The van der Waals surface area contributed by atoms with Gasteiger partial charge in [0, 0.05) is 44.9 Å². The summed E-state index contributed by atoms with van der Waals surface area (Å²) in [6, 6.07) is 7.94. The summed E-state index contributed by atoms with van der Waals surface area (Å²) in [7, 11) is 1.94. The van der Waals surface area contributed by atoms with Crippen molar-refractivity contribution in [2.24, 2.45) is 13.0 Å². The van der Waals surface area contributed by atoms with Crippen molar-refractivity contribution in [2.45, 2.75) is 46.5 Å². The molecule has 0 atom stereocenters. The monoisotopic (exact) mass is 396 g/mol. The second-order valence-corrected chi connectivity index (χ2v) is 8.13. The number of hydrogen-bond donors (Lipinski definition) is 1. The van der Waals surface area contributed by atoms with E-state index in [1.807, 2.05) is 35.7 Å². The lowest BCUT2D eigenvalue weighted by Gasteiger charge is -2.31. The molecule has 1 saturated heterocycles. The third-order valence-corrected chi connectivity index (χ3v) is 6.12. The van der Waals surface area contributed by atoms with Gasteiger partial charge in [-0.1, -0.05) is 12.1 Å². The van der Waals surface area contributed by atoms with Crippen molar-refractivity contribution in [3.8, 4) is 0 Å². The van der Waals surface area contributed by atoms with E-state index in [1.165, 1.54) is 11.1 Å². The number of carbonyl (C=O) groups is 2. The molecular formula is C23H32N4O2. The summed E-state index contributed by atoms with van der Waals surface area (Å²) in [5.41, 5.74) is 5.33. The first-order valence-corrected chi connectivity index (χ1v) is 10.5. The fourth-order valence-electron chi connectivity index (χ4n) is 4.16. The minimum absolute atomic E-state index is 0.0366. The van der Waals surface area contributed by atoms with Crippen LogP contribution in [0.5, 0.6) is 0 Å². The van der Waals surface area contributed by atoms with Gasteiger partial charge in [-0.3, -0.25) is 14.3 Å². The molecule has 2 aromatic rings. The van der Waals surface area contributed by atoms with Gasteiger partial charge in [0.1, 0.15) is 0 Å². The van der Waals surface area contributed by atoms with Crippen LogP contribution in [0.4, 0.5) is 0 Å². The number of nitrogens with one attached hydrogen (secondary N) is 1. The van der Waals surface area contributed by atoms with Gasteiger partial charge in [-0.25, -0.2) is 0 Å². The summed E-state index contributed by atoms with van der Waals surface area (Å²) in [6.07, 6.45) is 3.89. The van der Waals surface area contributed by atoms with Crippen LogP contribution in [0.3, 0.4) is 0 Å². The molecule has 2 heterocycles. The predicted octanol–water partition coefficient (Wildman–Crippen LogP) is 2.81. The summed E-state index contributed by atoms with van der Waals surface area (Å²) < 4.78 is 1.88. The van der Waals surface area contributed by atoms with Crippen LogP contribution in [0.15, 0.2) is 24.3 Å². The zero-order valence-corrected chi connectivity index (χ0v) is 18.0. The van der Waals surface area contributed by atoms with E-state index >= 15 is 0 Å². The topological polar surface area (TPSA) is 67.2 Å². The third kappa shape index (κ3) is 5.25. The number of aromatic nitrogens is 2. The van der Waals surface area contributed by atoms with E-state index in [9.17, 15) is 9.59 Å². The van der Waals surface area contributed by atoms with Crippen LogP contribution in [0.2, 0.25) is 0 Å². The lowest BCUT2D eigenvalue weighted by atomic mass is 9.90. The van der Waals surface area contributed by atoms with Crippen molar-refractivity contribution < 1.29 is 9.59 Å². The first kappa shape index (κ1) is 21.1. The van der Waals surface area contributed by atoms with Crippen molar-refractivity contribution >= 4 is 11.8 Å². The molecule has 1 fully saturated rings. The Kier molecular flexibility index (Phi) is 6.72. The first-order chi connectivity index (χ1) is 13.8. The Bertz CT molecular complexity index is 862. The zero-order chi connectivity index (χ0) is 21.0. The van der Waals surface area contributed by atoms with Gasteiger partial charge in [-0.05, 0) is 68.7 Å². The summed E-state index contributed by atoms with van der Waals surface area (Å²) in [6.45, 7) is 8.02. The molecule has 0 radical (unpaired) electrons. The molecule has 156 valence electrons. The maximum Gasteiger partial charge on any atom is 0.251 e. The lowest BCUT2D eigenvalue weighted by Crippen LogP contribution is -2.37. The van der Waals surface area contributed by atoms with Gasteiger partial charge in [0.2, 0.25) is 5.91 Å². The van der Waals surface area contributed by atoms with Crippen LogP contribution in [0.1, 0.15) is 52.6 Å². The number of nitrogens with zero attached hydrogens (tertiary/aromatic N) is 3. The van der Waals surface area contributed by atoms with Crippen LogP contribution in [-0.2, 0) is 24.7 Å². The average Bonchev–Trinajstić information content (AvgIpc) is 2.95. The Morgan fingerprint density at radius 2 is 1.79 bits per heavy atom. The Morgan fingerprint density at radius 1 is 1.14 bits per heavy atom. The number of carbonyl (C=O) groups excluding carboxylic acids is 2. The second kappa shape index (κ2) is 9.25. The molecule has 0 saturated carbocycles. The molecule has 2 amide bonds. The molecule has 6 heteroatoms. The second-order valence-electron chi connectivity index (χ2n) is 8.13. The van der Waals surface area contributed by atoms with Crippen molar-refractivity contribution in [1.82, 2.24) is 20.0 Å². The zero-order valence-electron chi connectivity index (χ0n) is 18.0. The van der Waals surface area contributed by atoms with Gasteiger partial charge in [0.05, 0.1) is 5.69 Å². The molecule has 0 bridgehead atoms. The molecule has 1 aromatic heterocycles. The number of aryl methyl sites for hydroxylation is 2. The number of likely N-dealkylation sites (tertiary alicyclic amines) is 1. The number of benzene rings is 1. The van der Waals surface area contributed by atoms with E-state index in [0.29, 0.717) is 18.0 Å². The summed E-state index contributed by atoms with van der Waals surface area (Å²) in [5.74, 6) is 0.745. The molecule has 29 heavy (non-hydrogen) atoms. The molecule has 0 spiro atoms. The highest BCUT2D eigenvalue weighted by atomic mass is 16.2. The minimum atomic E-state index is -0.0366. The van der Waals surface area contributed by atoms with Gasteiger partial charge >= 0.3 is 0 Å². The quantitative estimate of drug-likeness (QED) is 0.816. The molecule has 0 aliphatic carbocycles. The highest BCUT2D eigenvalue weighted by molar-refractivity contribution is 5.94. The van der Waals surface area contributed by atoms with Crippen LogP contribution >= 0.6 is 0 Å². The molecule has 1 aliphatic heterocycles. The van der Waals surface area contributed by atoms with Crippen molar-refractivity contribution in [3.63, 3.8) is 0 Å². The highest BCUT2D eigenvalue weighted by Crippen LogP contribution is 2.22. The van der Waals surface area contributed by atoms with Gasteiger partial charge in [0.15, 0.2) is 0 Å². The molecule has 1 N–H and O–H groups in total. The lowest BCUT2D eigenvalue weighted by molar-refractivity contribution is -0.130. The summed E-state index contributed by atoms with van der Waals surface area (Å²) in [5, 5.41) is 7.44. The van der Waals surface area contributed by atoms with Crippen LogP contribution in [-0.4, -0.2) is 46.1 Å². The Morgan fingerprint density at radius 3 is 2.34 bits per heavy atom. The summed E-state index contributed by atoms with van der Waals surface area (Å²) >= 11 is 0. The number of rotatable bonds is 6. The smallest absolute Gasteiger partial charge is 0.251 e. The van der Waals surface area contributed by atoms with E-state index in [-0.39, 0.29) is 11.8 Å². The minimum Gasteiger partial charge on any atom is -0.352 e. The molecular weight excluding hydrogens is 364 g/mol. The van der Waals surface area contributed by atoms with Crippen molar-refractivity contribution in [3.05, 3.63) is 52.3 Å². The number of piperidine rings is 1. The maximum atomic E-state index is 12.4. The number of amides is 2. The fourth-order valence-corrected chi connectivity index (χ4v) is 4.16. The molecule has 6 nitrogen and oxygen atoms in total. The van der Waals surface area contributed by atoms with Crippen LogP contribution < -0.4 is 5.32 Å². The Labute approximate surface area is 173 Å². The van der Waals surface area contributed by atoms with E-state index in [1.54, 1.807) is 6.92 Å². The summed E-state index contributed by atoms with van der Waals surface area (Å²) in [4.78, 5) is 25.8. The first-order valence-electron chi connectivity index (χ1n) is 10.5. The third-order valence-electron chi connectivity index (χ3n) is 6.12. The number of hydrogen-bond acceptors (Lipinski definition) is 3. The molecule has 1 aliphatic rings. The fraction of sp³-hybridized carbons (Fsp3) is 0.522. The maximum absolute atomic E-state index is 12.4. The van der Waals surface area contributed by atoms with E-state index in [4.69, 9.17) is 0 Å². The van der Waals surface area contributed by atoms with Gasteiger partial charge in [-0.2, -0.15) is 5.10 Å². The van der Waals surface area contributed by atoms with Gasteiger partial charge in [0.25, 0.3) is 5.91 Å². The largest absolute Gasteiger partial charge is 0.352 e. The highest BCUT2D eigenvalue weighted by Gasteiger charge is 2.21. The average molecular weight is 397 g/mol. The van der Waals surface area contributed by atoms with E-state index in [2.05, 4.69) is 29.5 Å². The molecule has 3 rings (SSSR count). The Balaban J connectivity index is 1.47. The Hall–Kier alpha value is -2.63. The van der Waals surface area contributed by atoms with Crippen molar-refractivity contribution in [2.75, 3.05) is 19.6 Å². The van der Waals surface area contributed by atoms with Crippen LogP contribution in [0.25, 0.3) is 0 Å². The normalized spacial score (nSPS) is 14.8. The molecule has 0 unspecified atom stereocenters. The van der Waals surface area contributed by atoms with E-state index in [0.717, 1.165) is 50.2 Å². The predicted molar refractivity (Wildman–Crippen MR) is 114 cm³/mol. The van der Waals surface area contributed by atoms with Crippen molar-refractivity contribution in [1.29, 1.82) is 0 Å². The van der Waals surface area contributed by atoms with Gasteiger partial charge in [-0.15, -0.1) is 0 Å². The standard InChI is InChI=1S/C23H32N4O2/c1-16-22(17(2)26(4)25-16)9-12-24-23(29)21-7-5-19(6-8-21)15-20-10-13-27(14-11-20)18(3)28/h5-8,20H,9-15H2,1-4H3,(H,24,29). The SMILES string of the molecule is CC(=O)N1CCC(Cc2ccc(C(=O)NCCc3c(C)nn(C)c3C)cc2)CC1. The van der Waals surface area contributed by atoms with Gasteiger partial charge < -0.3 is 10.2 Å².